The number of ether oxygens (including phenoxy) is 5. The summed E-state index contributed by atoms with van der Waals surface area (Å²) in [5.41, 5.74) is 9.04. The number of anilines is 6. The number of imide groups is 1. The monoisotopic (exact) mass is 1390 g/mol. The van der Waals surface area contributed by atoms with E-state index in [1.165, 1.54) is 36.9 Å². The van der Waals surface area contributed by atoms with Crippen molar-refractivity contribution in [3.63, 3.8) is 0 Å². The van der Waals surface area contributed by atoms with E-state index in [1.54, 1.807) is 38.1 Å². The van der Waals surface area contributed by atoms with Gasteiger partial charge in [0.15, 0.2) is 0 Å². The Morgan fingerprint density at radius 1 is 0.333 bits per heavy atom. The second-order valence-electron chi connectivity index (χ2n) is 22.6. The van der Waals surface area contributed by atoms with Crippen molar-refractivity contribution in [2.75, 3.05) is 135 Å². The van der Waals surface area contributed by atoms with Gasteiger partial charge in [-0.1, -0.05) is 152 Å². The molecule has 19 nitrogen and oxygen atoms in total. The molecule has 0 saturated carbocycles. The van der Waals surface area contributed by atoms with Gasteiger partial charge in [-0.15, -0.1) is 0 Å². The summed E-state index contributed by atoms with van der Waals surface area (Å²) in [5.74, 6) is -1.65. The van der Waals surface area contributed by atoms with Crippen LogP contribution >= 0.6 is 0 Å². The second kappa shape index (κ2) is 50.4. The number of benzene rings is 8. The largest absolute Gasteiger partial charge is 0.466 e. The van der Waals surface area contributed by atoms with E-state index in [0.29, 0.717) is 96.3 Å². The molecule has 19 heteroatoms. The summed E-state index contributed by atoms with van der Waals surface area (Å²) in [6.45, 7) is 26.8. The van der Waals surface area contributed by atoms with Crippen LogP contribution in [-0.2, 0) is 54.2 Å². The Kier molecular flexibility index (Phi) is 41.2. The summed E-state index contributed by atoms with van der Waals surface area (Å²) < 4.78 is 24.7. The molecular weight excluding hydrogens is 1290 g/mol. The number of amides is 2. The molecule has 1 aliphatic rings. The van der Waals surface area contributed by atoms with Crippen molar-refractivity contribution >= 4 is 75.8 Å². The molecule has 0 saturated heterocycles. The molecule has 0 bridgehead atoms. The molecule has 1 aliphatic heterocycles. The van der Waals surface area contributed by atoms with Gasteiger partial charge in [-0.2, -0.15) is 0 Å². The van der Waals surface area contributed by atoms with E-state index in [9.17, 15) is 33.6 Å². The number of fused-ring (bicyclic) bond motifs is 1. The lowest BCUT2D eigenvalue weighted by Crippen LogP contribution is -2.38. The maximum Gasteiger partial charge on any atom is 0.307 e. The molecule has 0 spiro atoms. The van der Waals surface area contributed by atoms with Gasteiger partial charge in [0.05, 0.1) is 56.8 Å². The Morgan fingerprint density at radius 2 is 0.618 bits per heavy atom. The van der Waals surface area contributed by atoms with Crippen molar-refractivity contribution in [3.8, 4) is 0 Å². The molecule has 544 valence electrons. The smallest absolute Gasteiger partial charge is 0.307 e. The Labute approximate surface area is 604 Å². The average Bonchev–Trinajstić information content (AvgIpc) is 1.64. The van der Waals surface area contributed by atoms with E-state index < -0.39 is 0 Å². The minimum atomic E-state index is -0.298. The number of hydrogen-bond acceptors (Lipinski definition) is 18. The fourth-order valence-corrected chi connectivity index (χ4v) is 10.3. The van der Waals surface area contributed by atoms with Gasteiger partial charge in [0.2, 0.25) is 0 Å². The van der Waals surface area contributed by atoms with Gasteiger partial charge in [0.25, 0.3) is 11.8 Å². The van der Waals surface area contributed by atoms with Crippen LogP contribution in [0, 0.1) is 0 Å². The molecule has 102 heavy (non-hydrogen) atoms. The first-order chi connectivity index (χ1) is 49.5. The first-order valence-corrected chi connectivity index (χ1v) is 35.0. The molecule has 1 heterocycles. The summed E-state index contributed by atoms with van der Waals surface area (Å²) in [6.07, 6.45) is 0.594. The van der Waals surface area contributed by atoms with E-state index >= 15 is 0 Å². The Morgan fingerprint density at radius 3 is 0.951 bits per heavy atom. The van der Waals surface area contributed by atoms with E-state index in [1.807, 2.05) is 149 Å². The lowest BCUT2D eigenvalue weighted by molar-refractivity contribution is -0.143. The fourth-order valence-electron chi connectivity index (χ4n) is 10.3. The van der Waals surface area contributed by atoms with Crippen molar-refractivity contribution in [2.45, 2.75) is 81.7 Å². The van der Waals surface area contributed by atoms with Gasteiger partial charge < -0.3 is 53.5 Å². The van der Waals surface area contributed by atoms with Crippen LogP contribution < -0.4 is 29.8 Å². The first-order valence-electron chi connectivity index (χ1n) is 35.0. The minimum absolute atomic E-state index is 0.190. The van der Waals surface area contributed by atoms with Crippen LogP contribution in [0.25, 0.3) is 0 Å². The van der Waals surface area contributed by atoms with Crippen molar-refractivity contribution < 1.29 is 57.2 Å². The van der Waals surface area contributed by atoms with Crippen molar-refractivity contribution in [1.82, 2.24) is 4.90 Å². The maximum absolute atomic E-state index is 12.3. The lowest BCUT2D eigenvalue weighted by atomic mass is 10.1. The zero-order valence-electron chi connectivity index (χ0n) is 61.0. The quantitative estimate of drug-likeness (QED) is 0.0237. The van der Waals surface area contributed by atoms with E-state index in [4.69, 9.17) is 23.7 Å². The normalized spacial score (nSPS) is 10.6. The molecule has 0 fully saturated rings. The number of hydrogen-bond donors (Lipinski definition) is 1. The Hall–Kier alpha value is -11.0. The summed E-state index contributed by atoms with van der Waals surface area (Å²) in [5, 5.41) is 3.36. The van der Waals surface area contributed by atoms with Crippen LogP contribution in [-0.4, -0.2) is 152 Å². The van der Waals surface area contributed by atoms with E-state index in [-0.39, 0.29) is 41.7 Å². The van der Waals surface area contributed by atoms with Crippen LogP contribution in [0.15, 0.2) is 237 Å². The number of nitrogens with one attached hydrogen (secondary N) is 1. The molecule has 0 aliphatic carbocycles. The highest BCUT2D eigenvalue weighted by molar-refractivity contribution is 6.21. The number of carbonyl (C=O) groups excluding carboxylic acids is 7. The molecule has 2 amide bonds. The molecule has 8 aromatic carbocycles. The number of nitrogens with zero attached hydrogens (tertiary/aromatic N) is 6. The highest BCUT2D eigenvalue weighted by Crippen LogP contribution is 2.24. The molecular formula is C83H105N7O12. The zero-order valence-corrected chi connectivity index (χ0v) is 61.0. The number of para-hydroxylation sites is 6. The summed E-state index contributed by atoms with van der Waals surface area (Å²) >= 11 is 0. The molecule has 8 aromatic rings. The maximum atomic E-state index is 12.3. The topological polar surface area (TPSA) is 197 Å². The van der Waals surface area contributed by atoms with E-state index in [2.05, 4.69) is 121 Å². The van der Waals surface area contributed by atoms with Gasteiger partial charge in [-0.05, 0) is 132 Å². The Bertz CT molecular complexity index is 3480. The van der Waals surface area contributed by atoms with Crippen LogP contribution in [0.3, 0.4) is 0 Å². The fraction of sp³-hybridized carbons (Fsp3) is 0.337. The standard InChI is InChI=1S/C18H18N2O2.C16H23NO4.C14H19NO4.C13H13N.C12H17NO2.C10H15N/c1-2-19(14-8-4-3-5-9-14)12-13-20-17(21)15-10-6-7-11-16(15)18(20)22;1-3-20-15(18)10-12-17(13-11-16(19)21-4-2)14-8-6-5-7-9-14;1-12(16)18-10-8-15(9-11-19-13(2)17)14-6-4-3-5-7-14;1-3-7-12(8-4-1)11-14-13-9-5-2-6-10-13;1-3-13(9-10-15-11(2)14)12-7-5-4-6-8-12;1-3-11(4-2)10-8-6-5-7-9-10/h3-11H,2,12-13H2,1H3;5-9H,3-4,10-13H2,1-2H3;3-7H,8-11H2,1-2H3;1-10,14H,11H2;4-8H,3,9-10H2,1-2H3;5-9H,3-4H2,1-2H3. The van der Waals surface area contributed by atoms with Crippen LogP contribution in [0.2, 0.25) is 0 Å². The third-order valence-electron chi connectivity index (χ3n) is 15.5. The lowest BCUT2D eigenvalue weighted by Gasteiger charge is -2.25. The molecule has 0 unspecified atom stereocenters. The molecule has 0 atom stereocenters. The number of esters is 5. The number of rotatable bonds is 32. The molecule has 0 aromatic heterocycles. The average molecular weight is 1390 g/mol. The molecule has 1 N–H and O–H groups in total. The third-order valence-corrected chi connectivity index (χ3v) is 15.5. The van der Waals surface area contributed by atoms with Crippen LogP contribution in [0.4, 0.5) is 34.1 Å². The van der Waals surface area contributed by atoms with Crippen molar-refractivity contribution in [3.05, 3.63) is 253 Å². The van der Waals surface area contributed by atoms with Gasteiger partial charge in [-0.25, -0.2) is 0 Å². The van der Waals surface area contributed by atoms with Gasteiger partial charge in [0.1, 0.15) is 19.8 Å². The summed E-state index contributed by atoms with van der Waals surface area (Å²) in [6, 6.07) is 77.6. The Balaban J connectivity index is 0.000000263. The highest BCUT2D eigenvalue weighted by atomic mass is 16.5. The van der Waals surface area contributed by atoms with Crippen LogP contribution in [0.1, 0.15) is 101 Å². The van der Waals surface area contributed by atoms with Crippen molar-refractivity contribution in [2.24, 2.45) is 0 Å². The summed E-state index contributed by atoms with van der Waals surface area (Å²) in [7, 11) is 0. The predicted molar refractivity (Wildman–Crippen MR) is 410 cm³/mol. The number of carbonyl (C=O) groups is 7. The predicted octanol–water partition coefficient (Wildman–Crippen LogP) is 14.7. The zero-order chi connectivity index (χ0) is 74.0. The molecule has 9 rings (SSSR count). The minimum Gasteiger partial charge on any atom is -0.466 e. The highest BCUT2D eigenvalue weighted by Gasteiger charge is 2.35. The van der Waals surface area contributed by atoms with Crippen LogP contribution in [0.5, 0.6) is 0 Å². The molecule has 0 radical (unpaired) electrons. The number of likely N-dealkylation sites (N-methyl/N-ethyl adjacent to an activating group) is 2. The first kappa shape index (κ1) is 83.5. The third kappa shape index (κ3) is 33.3. The van der Waals surface area contributed by atoms with E-state index in [0.717, 1.165) is 67.7 Å². The van der Waals surface area contributed by atoms with Gasteiger partial charge >= 0.3 is 29.8 Å². The SMILES string of the molecule is CC(=O)OCCN(CCOC(C)=O)c1ccccc1.CCN(CC)c1ccccc1.CCN(CCN1C(=O)c2ccccc2C1=O)c1ccccc1.CCN(CCOC(C)=O)c1ccccc1.CCOC(=O)CCN(CCC(=O)OCC)c1ccccc1.c1ccc(CNc2ccccc2)cc1. The van der Waals surface area contributed by atoms with Gasteiger partial charge in [0, 0.05) is 114 Å². The van der Waals surface area contributed by atoms with Gasteiger partial charge in [-0.3, -0.25) is 38.5 Å². The van der Waals surface area contributed by atoms with Crippen molar-refractivity contribution in [1.29, 1.82) is 0 Å². The second-order valence-corrected chi connectivity index (χ2v) is 22.6. The summed E-state index contributed by atoms with van der Waals surface area (Å²) in [4.78, 5) is 91.7.